The fourth-order valence-electron chi connectivity index (χ4n) is 1.50. The molecular weight excluding hydrogens is 254 g/mol. The van der Waals surface area contributed by atoms with Crippen LogP contribution in [0.15, 0.2) is 18.2 Å². The van der Waals surface area contributed by atoms with Gasteiger partial charge in [0.1, 0.15) is 0 Å². The lowest BCUT2D eigenvalue weighted by Gasteiger charge is -2.08. The third kappa shape index (κ3) is 3.37. The first-order valence-electron chi connectivity index (χ1n) is 5.69. The second kappa shape index (κ2) is 5.27. The molecule has 5 nitrogen and oxygen atoms in total. The minimum absolute atomic E-state index is 0.0442. The maximum Gasteiger partial charge on any atom is 0.253 e. The topological polar surface area (TPSA) is 84.2 Å². The Bertz CT molecular complexity index is 486. The average Bonchev–Trinajstić information content (AvgIpc) is 3.10. The Morgan fingerprint density at radius 3 is 2.72 bits per heavy atom. The summed E-state index contributed by atoms with van der Waals surface area (Å²) in [6, 6.07) is 4.90. The highest BCUT2D eigenvalue weighted by Crippen LogP contribution is 2.18. The molecule has 1 saturated carbocycles. The van der Waals surface area contributed by atoms with Crippen LogP contribution in [0.25, 0.3) is 0 Å². The summed E-state index contributed by atoms with van der Waals surface area (Å²) >= 11 is 5.74. The molecule has 4 N–H and O–H groups in total. The summed E-state index contributed by atoms with van der Waals surface area (Å²) in [4.78, 5) is 23.2. The van der Waals surface area contributed by atoms with Gasteiger partial charge in [-0.2, -0.15) is 0 Å². The van der Waals surface area contributed by atoms with Gasteiger partial charge in [-0.15, -0.1) is 0 Å². The average molecular weight is 268 g/mol. The zero-order valence-corrected chi connectivity index (χ0v) is 10.5. The number of hydrogen-bond acceptors (Lipinski definition) is 3. The second-order valence-electron chi connectivity index (χ2n) is 4.26. The first kappa shape index (κ1) is 12.7. The highest BCUT2D eigenvalue weighted by Gasteiger charge is 2.23. The van der Waals surface area contributed by atoms with Gasteiger partial charge >= 0.3 is 0 Å². The zero-order chi connectivity index (χ0) is 13.1. The summed E-state index contributed by atoms with van der Waals surface area (Å²) in [7, 11) is 0. The summed E-state index contributed by atoms with van der Waals surface area (Å²) < 4.78 is 0. The molecule has 0 heterocycles. The Hall–Kier alpha value is -1.75. The maximum absolute atomic E-state index is 11.8. The van der Waals surface area contributed by atoms with E-state index in [2.05, 4.69) is 10.6 Å². The zero-order valence-electron chi connectivity index (χ0n) is 9.70. The van der Waals surface area contributed by atoms with Crippen LogP contribution in [-0.2, 0) is 4.79 Å². The van der Waals surface area contributed by atoms with Crippen molar-refractivity contribution in [2.75, 3.05) is 12.3 Å². The molecular formula is C12H14ClN3O2. The van der Waals surface area contributed by atoms with Gasteiger partial charge in [0.05, 0.1) is 12.1 Å². The van der Waals surface area contributed by atoms with Crippen molar-refractivity contribution in [2.45, 2.75) is 18.9 Å². The predicted molar refractivity (Wildman–Crippen MR) is 69.4 cm³/mol. The van der Waals surface area contributed by atoms with Gasteiger partial charge in [0.15, 0.2) is 0 Å². The van der Waals surface area contributed by atoms with E-state index < -0.39 is 0 Å². The lowest BCUT2D eigenvalue weighted by atomic mass is 10.1. The third-order valence-corrected chi connectivity index (χ3v) is 2.85. The van der Waals surface area contributed by atoms with Crippen LogP contribution in [0.3, 0.4) is 0 Å². The van der Waals surface area contributed by atoms with Crippen molar-refractivity contribution < 1.29 is 9.59 Å². The molecule has 1 aliphatic carbocycles. The van der Waals surface area contributed by atoms with Crippen LogP contribution < -0.4 is 16.4 Å². The molecule has 0 unspecified atom stereocenters. The number of amides is 2. The van der Waals surface area contributed by atoms with Gasteiger partial charge in [-0.25, -0.2) is 0 Å². The molecule has 2 amide bonds. The van der Waals surface area contributed by atoms with Crippen molar-refractivity contribution >= 4 is 29.1 Å². The lowest BCUT2D eigenvalue weighted by Crippen LogP contribution is -2.38. The minimum atomic E-state index is -0.380. The van der Waals surface area contributed by atoms with Crippen molar-refractivity contribution in [3.05, 3.63) is 28.8 Å². The number of anilines is 1. The van der Waals surface area contributed by atoms with Crippen LogP contribution in [0, 0.1) is 0 Å². The Balaban J connectivity index is 1.88. The number of carbonyl (C=O) groups excluding carboxylic acids is 2. The van der Waals surface area contributed by atoms with Crippen LogP contribution in [0.4, 0.5) is 5.69 Å². The monoisotopic (exact) mass is 267 g/mol. The highest BCUT2D eigenvalue weighted by molar-refractivity contribution is 6.31. The van der Waals surface area contributed by atoms with E-state index in [1.54, 1.807) is 6.07 Å². The van der Waals surface area contributed by atoms with E-state index in [9.17, 15) is 9.59 Å². The fraction of sp³-hybridized carbons (Fsp3) is 0.333. The molecule has 0 radical (unpaired) electrons. The number of hydrogen-bond donors (Lipinski definition) is 3. The number of rotatable bonds is 4. The molecule has 0 spiro atoms. The molecule has 18 heavy (non-hydrogen) atoms. The third-order valence-electron chi connectivity index (χ3n) is 2.61. The van der Waals surface area contributed by atoms with Crippen LogP contribution in [0.2, 0.25) is 5.02 Å². The van der Waals surface area contributed by atoms with E-state index in [1.165, 1.54) is 12.1 Å². The van der Waals surface area contributed by atoms with Gasteiger partial charge in [0.25, 0.3) is 5.91 Å². The molecule has 1 aromatic rings. The van der Waals surface area contributed by atoms with Crippen molar-refractivity contribution in [3.63, 3.8) is 0 Å². The van der Waals surface area contributed by atoms with E-state index in [4.69, 9.17) is 17.3 Å². The summed E-state index contributed by atoms with van der Waals surface area (Å²) in [5.41, 5.74) is 6.29. The van der Waals surface area contributed by atoms with Gasteiger partial charge in [-0.3, -0.25) is 9.59 Å². The van der Waals surface area contributed by atoms with Gasteiger partial charge in [-0.1, -0.05) is 11.6 Å². The number of halogens is 1. The van der Waals surface area contributed by atoms with E-state index in [0.29, 0.717) is 16.3 Å². The normalized spacial score (nSPS) is 14.1. The van der Waals surface area contributed by atoms with Crippen LogP contribution in [0.5, 0.6) is 0 Å². The number of nitrogens with two attached hydrogens (primary N) is 1. The van der Waals surface area contributed by atoms with Gasteiger partial charge in [-0.05, 0) is 31.0 Å². The first-order valence-corrected chi connectivity index (χ1v) is 6.06. The number of carbonyl (C=O) groups is 2. The second-order valence-corrected chi connectivity index (χ2v) is 4.69. The van der Waals surface area contributed by atoms with E-state index in [-0.39, 0.29) is 24.4 Å². The molecule has 0 atom stereocenters. The molecule has 0 aliphatic heterocycles. The van der Waals surface area contributed by atoms with Crippen LogP contribution in [0.1, 0.15) is 23.2 Å². The quantitative estimate of drug-likeness (QED) is 0.710. The smallest absolute Gasteiger partial charge is 0.253 e. The van der Waals surface area contributed by atoms with Crippen molar-refractivity contribution in [1.82, 2.24) is 10.6 Å². The number of nitrogen functional groups attached to an aromatic ring is 1. The molecule has 6 heteroatoms. The molecule has 96 valence electrons. The fourth-order valence-corrected chi connectivity index (χ4v) is 1.68. The van der Waals surface area contributed by atoms with Crippen LogP contribution in [-0.4, -0.2) is 24.4 Å². The molecule has 1 fully saturated rings. The first-order chi connectivity index (χ1) is 8.56. The maximum atomic E-state index is 11.8. The summed E-state index contributed by atoms with van der Waals surface area (Å²) in [5, 5.41) is 5.76. The lowest BCUT2D eigenvalue weighted by molar-refractivity contribution is -0.120. The molecule has 2 rings (SSSR count). The Labute approximate surface area is 110 Å². The van der Waals surface area contributed by atoms with Crippen molar-refractivity contribution in [2.24, 2.45) is 0 Å². The predicted octanol–water partition coefficient (Wildman–Crippen LogP) is 0.931. The van der Waals surface area contributed by atoms with Crippen LogP contribution >= 0.6 is 11.6 Å². The SMILES string of the molecule is Nc1cc(Cl)ccc1C(=O)NCC(=O)NC1CC1. The molecule has 0 bridgehead atoms. The standard InChI is InChI=1S/C12H14ClN3O2/c13-7-1-4-9(10(14)5-7)12(18)15-6-11(17)16-8-2-3-8/h1,4-5,8H,2-3,6,14H2,(H,15,18)(H,16,17). The van der Waals surface area contributed by atoms with E-state index in [0.717, 1.165) is 12.8 Å². The highest BCUT2D eigenvalue weighted by atomic mass is 35.5. The largest absolute Gasteiger partial charge is 0.398 e. The van der Waals surface area contributed by atoms with E-state index in [1.807, 2.05) is 0 Å². The molecule has 0 aromatic heterocycles. The van der Waals surface area contributed by atoms with Gasteiger partial charge in [0.2, 0.25) is 5.91 Å². The molecule has 1 aliphatic rings. The Morgan fingerprint density at radius 2 is 2.11 bits per heavy atom. The van der Waals surface area contributed by atoms with Crippen molar-refractivity contribution in [1.29, 1.82) is 0 Å². The summed E-state index contributed by atoms with van der Waals surface area (Å²) in [6.07, 6.45) is 2.04. The molecule has 1 aromatic carbocycles. The Morgan fingerprint density at radius 1 is 1.39 bits per heavy atom. The minimum Gasteiger partial charge on any atom is -0.398 e. The number of nitrogens with one attached hydrogen (secondary N) is 2. The van der Waals surface area contributed by atoms with E-state index >= 15 is 0 Å². The summed E-state index contributed by atoms with van der Waals surface area (Å²) in [6.45, 7) is -0.0442. The van der Waals surface area contributed by atoms with Crippen molar-refractivity contribution in [3.8, 4) is 0 Å². The van der Waals surface area contributed by atoms with Gasteiger partial charge < -0.3 is 16.4 Å². The summed E-state index contributed by atoms with van der Waals surface area (Å²) in [5.74, 6) is -0.562. The van der Waals surface area contributed by atoms with Gasteiger partial charge in [0, 0.05) is 16.8 Å². The Kier molecular flexibility index (Phi) is 3.72. The molecule has 0 saturated heterocycles. The number of benzene rings is 1.